The topological polar surface area (TPSA) is 119 Å². The van der Waals surface area contributed by atoms with E-state index >= 15 is 0 Å². The third-order valence-corrected chi connectivity index (χ3v) is 13.4. The van der Waals surface area contributed by atoms with E-state index in [0.29, 0.717) is 42.3 Å². The number of nitrogens with zero attached hydrogens (tertiary/aromatic N) is 1. The van der Waals surface area contributed by atoms with Gasteiger partial charge in [-0.15, -0.1) is 0 Å². The number of hydrogen-bond donors (Lipinski definition) is 4. The molecule has 8 nitrogen and oxygen atoms in total. The van der Waals surface area contributed by atoms with Crippen molar-refractivity contribution in [3.05, 3.63) is 64.6 Å². The van der Waals surface area contributed by atoms with Crippen LogP contribution in [0.5, 0.6) is 11.5 Å². The number of carbonyl (C=O) groups excluding carboxylic acids is 2. The van der Waals surface area contributed by atoms with Gasteiger partial charge in [-0.05, 0) is 84.6 Å². The fourth-order valence-corrected chi connectivity index (χ4v) is 11.4. The van der Waals surface area contributed by atoms with E-state index in [1.54, 1.807) is 12.1 Å². The quantitative estimate of drug-likeness (QED) is 0.245. The maximum Gasteiger partial charge on any atom is 0.166 e. The normalized spacial score (nSPS) is 26.9. The first-order valence-electron chi connectivity index (χ1n) is 16.3. The Balaban J connectivity index is 1.49. The minimum Gasteiger partial charge on any atom is -0.504 e. The van der Waals surface area contributed by atoms with Gasteiger partial charge in [-0.25, -0.2) is 4.98 Å². The molecule has 240 valence electrons. The molecule has 6 rings (SSSR count). The smallest absolute Gasteiger partial charge is 0.166 e. The van der Waals surface area contributed by atoms with Crippen LogP contribution in [0.4, 0.5) is 5.82 Å². The SMILES string of the molecule is CCC1CCC(=O)CC(=O)C2=Cc3cc(OC)c(O)cc3C(CC2)c2cnc(N)c(c2)C(C2([NH+]3C=CNC3)CCCC2)SSC1. The number of nitrogens with two attached hydrogens (primary N) is 1. The van der Waals surface area contributed by atoms with E-state index < -0.39 is 0 Å². The number of benzene rings is 1. The molecule has 4 aliphatic rings. The maximum absolute atomic E-state index is 13.5. The van der Waals surface area contributed by atoms with Crippen LogP contribution in [0.25, 0.3) is 6.08 Å². The zero-order valence-corrected chi connectivity index (χ0v) is 27.9. The molecule has 5 N–H and O–H groups in total. The average Bonchev–Trinajstić information content (AvgIpc) is 3.72. The van der Waals surface area contributed by atoms with E-state index in [0.717, 1.165) is 60.4 Å². The van der Waals surface area contributed by atoms with Crippen molar-refractivity contribution in [3.63, 3.8) is 0 Å². The molecule has 4 unspecified atom stereocenters. The molecule has 0 saturated heterocycles. The maximum atomic E-state index is 13.5. The highest BCUT2D eigenvalue weighted by Gasteiger charge is 2.52. The molecule has 10 heteroatoms. The summed E-state index contributed by atoms with van der Waals surface area (Å²) in [4.78, 5) is 32.9. The van der Waals surface area contributed by atoms with Gasteiger partial charge in [0.15, 0.2) is 24.0 Å². The molecule has 1 fully saturated rings. The molecule has 0 radical (unpaired) electrons. The summed E-state index contributed by atoms with van der Waals surface area (Å²) in [6.45, 7) is 3.05. The van der Waals surface area contributed by atoms with Gasteiger partial charge >= 0.3 is 0 Å². The van der Waals surface area contributed by atoms with E-state index in [4.69, 9.17) is 15.5 Å². The van der Waals surface area contributed by atoms with Gasteiger partial charge in [0.1, 0.15) is 23.3 Å². The second kappa shape index (κ2) is 13.8. The minimum absolute atomic E-state index is 0.00830. The highest BCUT2D eigenvalue weighted by atomic mass is 33.1. The van der Waals surface area contributed by atoms with Crippen LogP contribution >= 0.6 is 21.6 Å². The number of hydrogen-bond acceptors (Lipinski definition) is 9. The molecule has 1 saturated carbocycles. The van der Waals surface area contributed by atoms with Crippen LogP contribution in [-0.4, -0.2) is 46.7 Å². The van der Waals surface area contributed by atoms with Crippen LogP contribution < -0.4 is 20.7 Å². The summed E-state index contributed by atoms with van der Waals surface area (Å²) < 4.78 is 5.46. The standard InChI is InChI=1S/C35H44N4O4S2/c1-3-22-6-8-26(40)17-30(41)23-7-9-27(28-18-31(42)32(43-2)16-24(28)14-23)25-15-29(34(36)38-19-25)33(45-44-20-22)35(10-4-5-11-35)39-13-12-37-21-39/h12-16,18-19,22,27,33,37,42H,3-11,17,20-21H2,1-2H3,(H2,36,38)/p+1. The lowest BCUT2D eigenvalue weighted by molar-refractivity contribution is -0.900. The van der Waals surface area contributed by atoms with Crippen molar-refractivity contribution in [1.82, 2.24) is 10.3 Å². The largest absolute Gasteiger partial charge is 0.504 e. The third kappa shape index (κ3) is 6.51. The van der Waals surface area contributed by atoms with E-state index in [1.807, 2.05) is 33.9 Å². The Labute approximate surface area is 274 Å². The second-order valence-corrected chi connectivity index (χ2v) is 15.5. The van der Waals surface area contributed by atoms with Crippen molar-refractivity contribution in [2.75, 3.05) is 25.3 Å². The summed E-state index contributed by atoms with van der Waals surface area (Å²) in [6, 6.07) is 5.82. The van der Waals surface area contributed by atoms with Gasteiger partial charge in [0.2, 0.25) is 0 Å². The molecule has 45 heavy (non-hydrogen) atoms. The van der Waals surface area contributed by atoms with Crippen LogP contribution in [0.3, 0.4) is 0 Å². The Morgan fingerprint density at radius 2 is 1.98 bits per heavy atom. The van der Waals surface area contributed by atoms with Crippen molar-refractivity contribution < 1.29 is 24.3 Å². The molecule has 0 spiro atoms. The number of anilines is 1. The predicted molar refractivity (Wildman–Crippen MR) is 182 cm³/mol. The van der Waals surface area contributed by atoms with E-state index in [2.05, 4.69) is 30.7 Å². The van der Waals surface area contributed by atoms with E-state index in [-0.39, 0.29) is 40.4 Å². The van der Waals surface area contributed by atoms with E-state index in [9.17, 15) is 14.7 Å². The number of aromatic hydroxyl groups is 1. The number of methoxy groups -OCH3 is 1. The van der Waals surface area contributed by atoms with Gasteiger partial charge in [-0.1, -0.05) is 34.9 Å². The molecule has 4 atom stereocenters. The zero-order chi connectivity index (χ0) is 31.6. The lowest BCUT2D eigenvalue weighted by Crippen LogP contribution is -3.16. The lowest BCUT2D eigenvalue weighted by Gasteiger charge is -2.40. The van der Waals surface area contributed by atoms with Gasteiger partial charge < -0.3 is 20.9 Å². The van der Waals surface area contributed by atoms with Crippen molar-refractivity contribution in [3.8, 4) is 11.5 Å². The van der Waals surface area contributed by atoms with Crippen molar-refractivity contribution in [2.45, 2.75) is 87.8 Å². The first-order valence-corrected chi connectivity index (χ1v) is 18.7. The second-order valence-electron chi connectivity index (χ2n) is 13.0. The zero-order valence-electron chi connectivity index (χ0n) is 26.3. The molecular weight excluding hydrogens is 605 g/mol. The Morgan fingerprint density at radius 1 is 1.16 bits per heavy atom. The number of ketones is 2. The number of quaternary nitrogens is 1. The molecule has 2 aromatic rings. The molecule has 1 aromatic heterocycles. The molecular formula is C35H45N4O4S2+. The van der Waals surface area contributed by atoms with Crippen LogP contribution in [0.15, 0.2) is 42.4 Å². The van der Waals surface area contributed by atoms with Crippen LogP contribution in [0.1, 0.15) is 105 Å². The Kier molecular flexibility index (Phi) is 9.82. The average molecular weight is 650 g/mol. The number of phenols is 1. The fraction of sp³-hybridized carbons (Fsp3) is 0.514. The summed E-state index contributed by atoms with van der Waals surface area (Å²) in [5.74, 6) is 2.07. The molecule has 3 heterocycles. The number of allylic oxidation sites excluding steroid dienone is 1. The molecule has 2 aliphatic heterocycles. The monoisotopic (exact) mass is 649 g/mol. The first kappa shape index (κ1) is 32.0. The number of pyridine rings is 1. The summed E-state index contributed by atoms with van der Waals surface area (Å²) in [5.41, 5.74) is 11.2. The van der Waals surface area contributed by atoms with Gasteiger partial charge in [0, 0.05) is 42.7 Å². The van der Waals surface area contributed by atoms with Gasteiger partial charge in [0.05, 0.1) is 25.0 Å². The highest BCUT2D eigenvalue weighted by Crippen LogP contribution is 2.53. The number of nitrogens with one attached hydrogen (secondary N) is 2. The van der Waals surface area contributed by atoms with Gasteiger partial charge in [0.25, 0.3) is 0 Å². The highest BCUT2D eigenvalue weighted by molar-refractivity contribution is 8.76. The minimum atomic E-state index is -0.125. The van der Waals surface area contributed by atoms with Crippen LogP contribution in [0, 0.1) is 5.92 Å². The Morgan fingerprint density at radius 3 is 2.71 bits per heavy atom. The summed E-state index contributed by atoms with van der Waals surface area (Å²) >= 11 is 0. The number of ether oxygens (including phenoxy) is 1. The molecule has 4 bridgehead atoms. The summed E-state index contributed by atoms with van der Waals surface area (Å²) in [7, 11) is 5.34. The van der Waals surface area contributed by atoms with Gasteiger partial charge in [-0.3, -0.25) is 14.5 Å². The van der Waals surface area contributed by atoms with Crippen LogP contribution in [-0.2, 0) is 9.59 Å². The van der Waals surface area contributed by atoms with Crippen LogP contribution in [0.2, 0.25) is 0 Å². The first-order chi connectivity index (χ1) is 21.8. The third-order valence-electron chi connectivity index (χ3n) is 10.4. The Bertz CT molecular complexity index is 1500. The molecule has 2 aliphatic carbocycles. The van der Waals surface area contributed by atoms with E-state index in [1.165, 1.54) is 24.9 Å². The number of rotatable bonds is 4. The number of Topliss-reactive ketones (excluding diaryl/α,β-unsaturated/α-hetero) is 2. The number of phenolic OH excluding ortho intramolecular Hbond substituents is 1. The molecule has 1 aromatic carbocycles. The summed E-state index contributed by atoms with van der Waals surface area (Å²) in [5, 5.41) is 14.4. The van der Waals surface area contributed by atoms with Crippen molar-refractivity contribution >= 4 is 45.0 Å². The molecule has 0 amide bonds. The Hall–Kier alpha value is -2.95. The number of aromatic nitrogens is 1. The fourth-order valence-electron chi connectivity index (χ4n) is 7.67. The van der Waals surface area contributed by atoms with Crippen molar-refractivity contribution in [2.24, 2.45) is 5.92 Å². The number of fused-ring (bicyclic) bond motifs is 8. The van der Waals surface area contributed by atoms with Crippen molar-refractivity contribution in [1.29, 1.82) is 0 Å². The lowest BCUT2D eigenvalue weighted by atomic mass is 9.83. The summed E-state index contributed by atoms with van der Waals surface area (Å²) in [6.07, 6.45) is 16.0. The predicted octanol–water partition coefficient (Wildman–Crippen LogP) is 5.69. The number of nitrogen functional groups attached to an aromatic ring is 1. The number of carbonyl (C=O) groups is 2. The van der Waals surface area contributed by atoms with Gasteiger partial charge in [-0.2, -0.15) is 0 Å².